The van der Waals surface area contributed by atoms with Gasteiger partial charge in [0.05, 0.1) is 13.2 Å². The lowest BCUT2D eigenvalue weighted by Crippen LogP contribution is -2.42. The van der Waals surface area contributed by atoms with Gasteiger partial charge in [-0.15, -0.1) is 4.83 Å². The average Bonchev–Trinajstić information content (AvgIpc) is 2.59. The number of hydrogen-bond acceptors (Lipinski definition) is 5. The van der Waals surface area contributed by atoms with Gasteiger partial charge in [0.1, 0.15) is 11.6 Å². The molecule has 0 aliphatic heterocycles. The van der Waals surface area contributed by atoms with E-state index in [1.165, 1.54) is 25.3 Å². The maximum atomic E-state index is 13.6. The van der Waals surface area contributed by atoms with Gasteiger partial charge in [-0.1, -0.05) is 6.07 Å². The summed E-state index contributed by atoms with van der Waals surface area (Å²) in [6.07, 6.45) is -0.124. The Hall–Kier alpha value is -2.72. The van der Waals surface area contributed by atoms with Crippen molar-refractivity contribution in [1.29, 1.82) is 0 Å². The van der Waals surface area contributed by atoms with E-state index in [4.69, 9.17) is 9.47 Å². The summed E-state index contributed by atoms with van der Waals surface area (Å²) in [6, 6.07) is 6.81. The molecule has 2 N–H and O–H groups in total. The van der Waals surface area contributed by atoms with Crippen molar-refractivity contribution in [3.05, 3.63) is 53.6 Å². The number of rotatable bonds is 7. The third-order valence-electron chi connectivity index (χ3n) is 3.28. The van der Waals surface area contributed by atoms with Gasteiger partial charge in [0.2, 0.25) is 0 Å². The van der Waals surface area contributed by atoms with Gasteiger partial charge in [-0.05, 0) is 44.2 Å². The summed E-state index contributed by atoms with van der Waals surface area (Å²) in [5, 5.41) is 0. The van der Waals surface area contributed by atoms with Gasteiger partial charge >= 0.3 is 0 Å². The molecule has 0 aliphatic rings. The number of methoxy groups -OCH3 is 1. The molecule has 0 saturated heterocycles. The maximum absolute atomic E-state index is 13.6. The lowest BCUT2D eigenvalue weighted by Gasteiger charge is -2.14. The molecular weight excluding hydrogens is 382 g/mol. The zero-order valence-electron chi connectivity index (χ0n) is 14.7. The first kappa shape index (κ1) is 20.6. The van der Waals surface area contributed by atoms with Gasteiger partial charge in [0.25, 0.3) is 15.9 Å². The molecule has 0 bridgehead atoms. The molecule has 2 aromatic rings. The number of hydrazine groups is 1. The maximum Gasteiger partial charge on any atom is 0.266 e. The molecule has 0 atom stereocenters. The normalized spacial score (nSPS) is 11.3. The molecule has 146 valence electrons. The highest BCUT2D eigenvalue weighted by Gasteiger charge is 2.24. The lowest BCUT2D eigenvalue weighted by molar-refractivity contribution is 0.0944. The molecule has 0 unspecified atom stereocenters. The highest BCUT2D eigenvalue weighted by Crippen LogP contribution is 2.29. The second-order valence-electron chi connectivity index (χ2n) is 5.64. The van der Waals surface area contributed by atoms with E-state index in [9.17, 15) is 22.0 Å². The van der Waals surface area contributed by atoms with Crippen LogP contribution in [0.25, 0.3) is 0 Å². The average molecular weight is 400 g/mol. The molecule has 10 heteroatoms. The van der Waals surface area contributed by atoms with Crippen LogP contribution >= 0.6 is 0 Å². The number of carbonyl (C=O) groups is 1. The minimum Gasteiger partial charge on any atom is -0.493 e. The van der Waals surface area contributed by atoms with Gasteiger partial charge < -0.3 is 9.47 Å². The van der Waals surface area contributed by atoms with Crippen LogP contribution in [0.4, 0.5) is 8.78 Å². The summed E-state index contributed by atoms with van der Waals surface area (Å²) in [7, 11) is -3.27. The number of ether oxygens (including phenoxy) is 2. The number of carbonyl (C=O) groups excluding carboxylic acids is 1. The summed E-state index contributed by atoms with van der Waals surface area (Å²) < 4.78 is 62.1. The van der Waals surface area contributed by atoms with Crippen molar-refractivity contribution in [1.82, 2.24) is 10.3 Å². The molecule has 0 aromatic heterocycles. The van der Waals surface area contributed by atoms with Crippen molar-refractivity contribution in [3.8, 4) is 11.5 Å². The molecule has 0 heterocycles. The van der Waals surface area contributed by atoms with Crippen LogP contribution in [0.3, 0.4) is 0 Å². The molecular formula is C17H18F2N2O5S. The standard InChI is InChI=1S/C17H18F2N2O5S/c1-10(2)26-14-8-7-11(9-15(14)25-3)17(22)20-21-27(23,24)16-12(18)5-4-6-13(16)19/h4-10,21H,1-3H3,(H,20,22). The van der Waals surface area contributed by atoms with Crippen molar-refractivity contribution in [2.45, 2.75) is 24.8 Å². The zero-order valence-corrected chi connectivity index (χ0v) is 15.6. The SMILES string of the molecule is COc1cc(C(=O)NNS(=O)(=O)c2c(F)cccc2F)ccc1OC(C)C. The van der Waals surface area contributed by atoms with Crippen LogP contribution < -0.4 is 19.7 Å². The smallest absolute Gasteiger partial charge is 0.266 e. The fourth-order valence-corrected chi connectivity index (χ4v) is 3.11. The van der Waals surface area contributed by atoms with E-state index in [1.807, 2.05) is 19.3 Å². The van der Waals surface area contributed by atoms with E-state index in [2.05, 4.69) is 0 Å². The molecule has 1 amide bonds. The molecule has 0 aliphatic carbocycles. The lowest BCUT2D eigenvalue weighted by atomic mass is 10.2. The fourth-order valence-electron chi connectivity index (χ4n) is 2.14. The van der Waals surface area contributed by atoms with Gasteiger partial charge in [0.15, 0.2) is 16.4 Å². The summed E-state index contributed by atoms with van der Waals surface area (Å²) in [5.74, 6) is -2.76. The summed E-state index contributed by atoms with van der Waals surface area (Å²) in [5.41, 5.74) is 1.94. The molecule has 2 rings (SSSR count). The van der Waals surface area contributed by atoms with Gasteiger partial charge in [-0.25, -0.2) is 17.2 Å². The van der Waals surface area contributed by atoms with Crippen molar-refractivity contribution < 1.29 is 31.5 Å². The molecule has 0 fully saturated rings. The van der Waals surface area contributed by atoms with E-state index >= 15 is 0 Å². The van der Waals surface area contributed by atoms with Crippen molar-refractivity contribution >= 4 is 15.9 Å². The third kappa shape index (κ3) is 4.92. The Morgan fingerprint density at radius 3 is 2.26 bits per heavy atom. The Kier molecular flexibility index (Phi) is 6.34. The predicted octanol–water partition coefficient (Wildman–Crippen LogP) is 2.38. The number of benzene rings is 2. The van der Waals surface area contributed by atoms with Gasteiger partial charge in [-0.3, -0.25) is 10.2 Å². The third-order valence-corrected chi connectivity index (χ3v) is 4.57. The number of nitrogens with one attached hydrogen (secondary N) is 2. The van der Waals surface area contributed by atoms with Gasteiger partial charge in [-0.2, -0.15) is 0 Å². The van der Waals surface area contributed by atoms with Crippen LogP contribution in [0.5, 0.6) is 11.5 Å². The van der Waals surface area contributed by atoms with Crippen LogP contribution in [0.1, 0.15) is 24.2 Å². The zero-order chi connectivity index (χ0) is 20.2. The summed E-state index contributed by atoms with van der Waals surface area (Å²) in [4.78, 5) is 12.6. The van der Waals surface area contributed by atoms with E-state index in [1.54, 1.807) is 4.83 Å². The predicted molar refractivity (Wildman–Crippen MR) is 92.9 cm³/mol. The number of hydrogen-bond donors (Lipinski definition) is 2. The molecule has 2 aromatic carbocycles. The first-order valence-corrected chi connectivity index (χ1v) is 9.25. The topological polar surface area (TPSA) is 93.7 Å². The fraction of sp³-hybridized carbons (Fsp3) is 0.235. The number of halogens is 2. The Labute approximate surface area is 155 Å². The minimum atomic E-state index is -4.65. The van der Waals surface area contributed by atoms with E-state index < -0.39 is 32.5 Å². The highest BCUT2D eigenvalue weighted by atomic mass is 32.2. The van der Waals surface area contributed by atoms with Crippen molar-refractivity contribution in [2.75, 3.05) is 7.11 Å². The monoisotopic (exact) mass is 400 g/mol. The van der Waals surface area contributed by atoms with E-state index in [0.29, 0.717) is 5.75 Å². The first-order chi connectivity index (χ1) is 12.7. The van der Waals surface area contributed by atoms with Crippen LogP contribution in [0, 0.1) is 11.6 Å². The minimum absolute atomic E-state index is 0.0414. The molecule has 0 saturated carbocycles. The van der Waals surface area contributed by atoms with E-state index in [0.717, 1.165) is 18.2 Å². The summed E-state index contributed by atoms with van der Waals surface area (Å²) in [6.45, 7) is 3.63. The first-order valence-electron chi connectivity index (χ1n) is 7.76. The van der Waals surface area contributed by atoms with Gasteiger partial charge in [0, 0.05) is 5.56 Å². The second kappa shape index (κ2) is 8.31. The second-order valence-corrected chi connectivity index (χ2v) is 7.26. The van der Waals surface area contributed by atoms with Crippen molar-refractivity contribution in [3.63, 3.8) is 0 Å². The number of sulfonamides is 1. The Morgan fingerprint density at radius 2 is 1.70 bits per heavy atom. The van der Waals surface area contributed by atoms with Crippen LogP contribution in [-0.2, 0) is 10.0 Å². The highest BCUT2D eigenvalue weighted by molar-refractivity contribution is 7.89. The Balaban J connectivity index is 2.18. The molecule has 0 spiro atoms. The summed E-state index contributed by atoms with van der Waals surface area (Å²) >= 11 is 0. The van der Waals surface area contributed by atoms with Crippen LogP contribution in [0.15, 0.2) is 41.3 Å². The van der Waals surface area contributed by atoms with Crippen molar-refractivity contribution in [2.24, 2.45) is 0 Å². The Bertz CT molecular complexity index is 928. The Morgan fingerprint density at radius 1 is 1.07 bits per heavy atom. The largest absolute Gasteiger partial charge is 0.493 e. The van der Waals surface area contributed by atoms with Crippen LogP contribution in [-0.4, -0.2) is 27.5 Å². The molecule has 27 heavy (non-hydrogen) atoms. The van der Waals surface area contributed by atoms with Crippen LogP contribution in [0.2, 0.25) is 0 Å². The molecule has 7 nitrogen and oxygen atoms in total. The number of amides is 1. The quantitative estimate of drug-likeness (QED) is 0.696. The molecule has 0 radical (unpaired) electrons. The van der Waals surface area contributed by atoms with E-state index in [-0.39, 0.29) is 17.4 Å².